The van der Waals surface area contributed by atoms with E-state index in [9.17, 15) is 19.8 Å². The Balaban J connectivity index is 2.62. The first-order chi connectivity index (χ1) is 9.27. The van der Waals surface area contributed by atoms with Crippen LogP contribution in [0.1, 0.15) is 13.3 Å². The van der Waals surface area contributed by atoms with Gasteiger partial charge in [-0.15, -0.1) is 0 Å². The predicted molar refractivity (Wildman–Crippen MR) is 65.3 cm³/mol. The number of ether oxygens (including phenoxy) is 1. The maximum absolute atomic E-state index is 11.6. The molecule has 9 heteroatoms. The molecule has 0 aromatic heterocycles. The number of carbonyl (C=O) groups excluding carboxylic acids is 1. The Kier molecular flexibility index (Phi) is 5.84. The van der Waals surface area contributed by atoms with E-state index in [1.807, 2.05) is 0 Å². The second kappa shape index (κ2) is 6.95. The average molecular weight is 292 g/mol. The highest BCUT2D eigenvalue weighted by molar-refractivity contribution is 5.84. The van der Waals surface area contributed by atoms with Gasteiger partial charge < -0.3 is 36.2 Å². The van der Waals surface area contributed by atoms with Gasteiger partial charge in [0.25, 0.3) is 0 Å². The summed E-state index contributed by atoms with van der Waals surface area (Å²) in [6.45, 7) is 1.22. The number of aliphatic hydroxyl groups is 3. The minimum Gasteiger partial charge on any atom is -0.480 e. The van der Waals surface area contributed by atoms with Gasteiger partial charge in [0, 0.05) is 5.92 Å². The van der Waals surface area contributed by atoms with E-state index < -0.39 is 54.8 Å². The van der Waals surface area contributed by atoms with Crippen LogP contribution in [0.2, 0.25) is 0 Å². The van der Waals surface area contributed by atoms with Crippen molar-refractivity contribution in [1.82, 2.24) is 5.32 Å². The average Bonchev–Trinajstić information content (AvgIpc) is 2.38. The predicted octanol–water partition coefficient (Wildman–Crippen LogP) is -3.02. The fourth-order valence-corrected chi connectivity index (χ4v) is 2.00. The van der Waals surface area contributed by atoms with E-state index in [0.717, 1.165) is 0 Å². The smallest absolute Gasteiger partial charge is 0.321 e. The van der Waals surface area contributed by atoms with Crippen LogP contribution >= 0.6 is 0 Å². The molecule has 7 N–H and O–H groups in total. The molecule has 6 atom stereocenters. The van der Waals surface area contributed by atoms with E-state index in [4.69, 9.17) is 20.7 Å². The Labute approximate surface area is 115 Å². The summed E-state index contributed by atoms with van der Waals surface area (Å²) >= 11 is 0. The van der Waals surface area contributed by atoms with Crippen LogP contribution in [-0.2, 0) is 14.3 Å². The first kappa shape index (κ1) is 16.8. The van der Waals surface area contributed by atoms with Crippen molar-refractivity contribution in [3.05, 3.63) is 0 Å². The number of aliphatic hydroxyl groups excluding tert-OH is 3. The van der Waals surface area contributed by atoms with Crippen LogP contribution in [0.25, 0.3) is 0 Å². The molecule has 1 rings (SSSR count). The van der Waals surface area contributed by atoms with Gasteiger partial charge in [-0.25, -0.2) is 0 Å². The first-order valence-electron chi connectivity index (χ1n) is 6.18. The number of aliphatic carboxylic acids is 1. The number of hydrogen-bond acceptors (Lipinski definition) is 7. The van der Waals surface area contributed by atoms with Gasteiger partial charge in [0.15, 0.2) is 6.29 Å². The second-order valence-corrected chi connectivity index (χ2v) is 4.84. The molecule has 0 bridgehead atoms. The zero-order valence-corrected chi connectivity index (χ0v) is 11.0. The number of carboxylic acid groups (broad SMARTS) is 1. The van der Waals surface area contributed by atoms with Crippen molar-refractivity contribution in [1.29, 1.82) is 0 Å². The Morgan fingerprint density at radius 1 is 1.40 bits per heavy atom. The lowest BCUT2D eigenvalue weighted by Gasteiger charge is -2.41. The Hall–Kier alpha value is -1.26. The van der Waals surface area contributed by atoms with Crippen LogP contribution in [0.3, 0.4) is 0 Å². The highest BCUT2D eigenvalue weighted by atomic mass is 16.6. The van der Waals surface area contributed by atoms with Gasteiger partial charge in [-0.2, -0.15) is 0 Å². The molecule has 9 nitrogen and oxygen atoms in total. The van der Waals surface area contributed by atoms with Crippen molar-refractivity contribution in [3.8, 4) is 0 Å². The minimum absolute atomic E-state index is 0.375. The molecule has 1 saturated heterocycles. The number of hydrogen-bond donors (Lipinski definition) is 6. The third kappa shape index (κ3) is 3.87. The molecule has 6 unspecified atom stereocenters. The van der Waals surface area contributed by atoms with Crippen molar-refractivity contribution >= 4 is 11.9 Å². The normalized spacial score (nSPS) is 35.4. The highest BCUT2D eigenvalue weighted by Gasteiger charge is 2.42. The Morgan fingerprint density at radius 2 is 2.00 bits per heavy atom. The number of rotatable bonds is 5. The van der Waals surface area contributed by atoms with E-state index in [1.165, 1.54) is 0 Å². The van der Waals surface area contributed by atoms with E-state index in [-0.39, 0.29) is 6.61 Å². The molecular formula is C11H20N2O7. The van der Waals surface area contributed by atoms with Gasteiger partial charge in [-0.3, -0.25) is 9.59 Å². The standard InChI is InChI=1S/C11H20N2O7/c1-4-6(3-14)20-11(19)8(9(4)16)13-7(15)2-5(12)10(17)18/h4-6,8-9,11,14,16,19H,2-3,12H2,1H3,(H,13,15)(H,17,18). The Bertz CT molecular complexity index is 365. The summed E-state index contributed by atoms with van der Waals surface area (Å²) in [5, 5.41) is 39.6. The maximum atomic E-state index is 11.6. The van der Waals surface area contributed by atoms with Crippen molar-refractivity contribution in [2.24, 2.45) is 11.7 Å². The summed E-state index contributed by atoms with van der Waals surface area (Å²) in [6.07, 6.45) is -3.86. The fraction of sp³-hybridized carbons (Fsp3) is 0.818. The van der Waals surface area contributed by atoms with E-state index >= 15 is 0 Å². The molecule has 0 aromatic carbocycles. The highest BCUT2D eigenvalue weighted by Crippen LogP contribution is 2.24. The molecule has 0 saturated carbocycles. The van der Waals surface area contributed by atoms with Gasteiger partial charge >= 0.3 is 5.97 Å². The minimum atomic E-state index is -1.50. The summed E-state index contributed by atoms with van der Waals surface area (Å²) in [5.74, 6) is -2.56. The largest absolute Gasteiger partial charge is 0.480 e. The SMILES string of the molecule is CC1C(CO)OC(O)C(NC(=O)CC(N)C(=O)O)C1O. The molecule has 1 aliphatic heterocycles. The molecule has 1 aliphatic rings. The number of amides is 1. The lowest BCUT2D eigenvalue weighted by Crippen LogP contribution is -2.61. The third-order valence-electron chi connectivity index (χ3n) is 3.34. The van der Waals surface area contributed by atoms with Gasteiger partial charge in [-0.05, 0) is 0 Å². The molecule has 1 heterocycles. The van der Waals surface area contributed by atoms with E-state index in [1.54, 1.807) is 6.92 Å². The fourth-order valence-electron chi connectivity index (χ4n) is 2.00. The topological polar surface area (TPSA) is 162 Å². The van der Waals surface area contributed by atoms with Crippen LogP contribution in [0, 0.1) is 5.92 Å². The van der Waals surface area contributed by atoms with Gasteiger partial charge in [0.2, 0.25) is 5.91 Å². The van der Waals surface area contributed by atoms with Crippen molar-refractivity contribution in [3.63, 3.8) is 0 Å². The maximum Gasteiger partial charge on any atom is 0.321 e. The summed E-state index contributed by atoms with van der Waals surface area (Å²) in [4.78, 5) is 22.1. The van der Waals surface area contributed by atoms with Gasteiger partial charge in [0.05, 0.1) is 25.2 Å². The van der Waals surface area contributed by atoms with Crippen LogP contribution in [0.15, 0.2) is 0 Å². The first-order valence-corrected chi connectivity index (χ1v) is 6.18. The molecule has 0 radical (unpaired) electrons. The zero-order chi connectivity index (χ0) is 15.4. The summed E-state index contributed by atoms with van der Waals surface area (Å²) in [7, 11) is 0. The molecule has 1 amide bonds. The van der Waals surface area contributed by atoms with Crippen molar-refractivity contribution < 1.29 is 34.8 Å². The van der Waals surface area contributed by atoms with Crippen LogP contribution in [0.5, 0.6) is 0 Å². The van der Waals surface area contributed by atoms with Crippen LogP contribution in [0.4, 0.5) is 0 Å². The molecule has 20 heavy (non-hydrogen) atoms. The molecule has 0 spiro atoms. The number of nitrogens with one attached hydrogen (secondary N) is 1. The number of carbonyl (C=O) groups is 2. The second-order valence-electron chi connectivity index (χ2n) is 4.84. The molecule has 0 aromatic rings. The number of nitrogens with two attached hydrogens (primary N) is 1. The monoisotopic (exact) mass is 292 g/mol. The van der Waals surface area contributed by atoms with Gasteiger partial charge in [0.1, 0.15) is 12.1 Å². The summed E-state index contributed by atoms with van der Waals surface area (Å²) in [6, 6.07) is -2.47. The Morgan fingerprint density at radius 3 is 2.50 bits per heavy atom. The molecular weight excluding hydrogens is 272 g/mol. The summed E-state index contributed by atoms with van der Waals surface area (Å²) < 4.78 is 5.07. The van der Waals surface area contributed by atoms with Gasteiger partial charge in [-0.1, -0.05) is 6.92 Å². The van der Waals surface area contributed by atoms with Crippen molar-refractivity contribution in [2.45, 2.75) is 43.9 Å². The lowest BCUT2D eigenvalue weighted by atomic mass is 9.89. The molecule has 0 aliphatic carbocycles. The van der Waals surface area contributed by atoms with E-state index in [0.29, 0.717) is 0 Å². The molecule has 116 valence electrons. The molecule has 1 fully saturated rings. The summed E-state index contributed by atoms with van der Waals surface area (Å²) in [5.41, 5.74) is 5.21. The van der Waals surface area contributed by atoms with Crippen molar-refractivity contribution in [2.75, 3.05) is 6.61 Å². The van der Waals surface area contributed by atoms with Crippen LogP contribution in [-0.4, -0.2) is 69.5 Å². The number of carboxylic acids is 1. The quantitative estimate of drug-likeness (QED) is 0.312. The van der Waals surface area contributed by atoms with Crippen LogP contribution < -0.4 is 11.1 Å². The zero-order valence-electron chi connectivity index (χ0n) is 11.0. The third-order valence-corrected chi connectivity index (χ3v) is 3.34. The van der Waals surface area contributed by atoms with E-state index in [2.05, 4.69) is 5.32 Å². The lowest BCUT2D eigenvalue weighted by molar-refractivity contribution is -0.235.